The van der Waals surface area contributed by atoms with Crippen LogP contribution < -0.4 is 11.3 Å². The van der Waals surface area contributed by atoms with Gasteiger partial charge in [-0.3, -0.25) is 0 Å². The Hall–Kier alpha value is -1.59. The van der Waals surface area contributed by atoms with Gasteiger partial charge in [0.25, 0.3) is 0 Å². The van der Waals surface area contributed by atoms with Gasteiger partial charge in [0, 0.05) is 16.9 Å². The van der Waals surface area contributed by atoms with Crippen LogP contribution in [-0.4, -0.2) is 9.97 Å². The Morgan fingerprint density at radius 1 is 1.22 bits per heavy atom. The molecule has 3 N–H and O–H groups in total. The SMILES string of the molecule is CCc1nc(NN)c(C)c(Sc2ccccc2)n1. The molecular weight excluding hydrogens is 244 g/mol. The number of nitrogens with one attached hydrogen (secondary N) is 1. The van der Waals surface area contributed by atoms with Crippen molar-refractivity contribution in [2.24, 2.45) is 5.84 Å². The van der Waals surface area contributed by atoms with Crippen LogP contribution in [0.4, 0.5) is 5.82 Å². The van der Waals surface area contributed by atoms with Crippen LogP contribution in [0.5, 0.6) is 0 Å². The average Bonchev–Trinajstić information content (AvgIpc) is 2.42. The molecule has 2 aromatic rings. The van der Waals surface area contributed by atoms with E-state index in [1.807, 2.05) is 32.0 Å². The summed E-state index contributed by atoms with van der Waals surface area (Å²) in [6, 6.07) is 10.2. The summed E-state index contributed by atoms with van der Waals surface area (Å²) in [5.41, 5.74) is 3.61. The third kappa shape index (κ3) is 2.80. The summed E-state index contributed by atoms with van der Waals surface area (Å²) in [4.78, 5) is 10.1. The second-order valence-electron chi connectivity index (χ2n) is 3.83. The Morgan fingerprint density at radius 3 is 2.56 bits per heavy atom. The van der Waals surface area contributed by atoms with Crippen LogP contribution in [0.2, 0.25) is 0 Å². The van der Waals surface area contributed by atoms with E-state index in [4.69, 9.17) is 5.84 Å². The fraction of sp³-hybridized carbons (Fsp3) is 0.231. The molecule has 0 saturated carbocycles. The largest absolute Gasteiger partial charge is 0.308 e. The van der Waals surface area contributed by atoms with Crippen LogP contribution in [-0.2, 0) is 6.42 Å². The topological polar surface area (TPSA) is 63.8 Å². The van der Waals surface area contributed by atoms with Crippen LogP contribution in [0, 0.1) is 6.92 Å². The highest BCUT2D eigenvalue weighted by molar-refractivity contribution is 7.99. The van der Waals surface area contributed by atoms with Crippen LogP contribution in [0.25, 0.3) is 0 Å². The molecule has 0 amide bonds. The number of hydrogen-bond acceptors (Lipinski definition) is 5. The maximum atomic E-state index is 5.49. The Labute approximate surface area is 111 Å². The van der Waals surface area contributed by atoms with E-state index in [0.29, 0.717) is 5.82 Å². The van der Waals surface area contributed by atoms with Gasteiger partial charge < -0.3 is 5.43 Å². The molecule has 0 unspecified atom stereocenters. The van der Waals surface area contributed by atoms with Gasteiger partial charge in [-0.1, -0.05) is 36.9 Å². The summed E-state index contributed by atoms with van der Waals surface area (Å²) in [5.74, 6) is 6.98. The van der Waals surface area contributed by atoms with Gasteiger partial charge in [-0.15, -0.1) is 0 Å². The van der Waals surface area contributed by atoms with Crippen molar-refractivity contribution in [2.75, 3.05) is 5.43 Å². The summed E-state index contributed by atoms with van der Waals surface area (Å²) < 4.78 is 0. The summed E-state index contributed by atoms with van der Waals surface area (Å²) >= 11 is 1.63. The molecule has 94 valence electrons. The highest BCUT2D eigenvalue weighted by Crippen LogP contribution is 2.30. The number of anilines is 1. The fourth-order valence-corrected chi connectivity index (χ4v) is 2.46. The predicted octanol–water partition coefficient (Wildman–Crippen LogP) is 2.78. The van der Waals surface area contributed by atoms with Crippen LogP contribution >= 0.6 is 11.8 Å². The summed E-state index contributed by atoms with van der Waals surface area (Å²) in [7, 11) is 0. The van der Waals surface area contributed by atoms with Crippen molar-refractivity contribution >= 4 is 17.6 Å². The molecule has 0 spiro atoms. The first kappa shape index (κ1) is 12.9. The van der Waals surface area contributed by atoms with Gasteiger partial charge in [0.15, 0.2) is 0 Å². The first-order valence-electron chi connectivity index (χ1n) is 5.81. The van der Waals surface area contributed by atoms with Gasteiger partial charge >= 0.3 is 0 Å². The third-order valence-corrected chi connectivity index (χ3v) is 3.66. The molecule has 0 fully saturated rings. The Balaban J connectivity index is 2.37. The van der Waals surface area contributed by atoms with Crippen molar-refractivity contribution in [3.05, 3.63) is 41.7 Å². The van der Waals surface area contributed by atoms with Crippen molar-refractivity contribution < 1.29 is 0 Å². The van der Waals surface area contributed by atoms with Crippen molar-refractivity contribution in [1.82, 2.24) is 9.97 Å². The number of aromatic nitrogens is 2. The molecule has 0 aliphatic carbocycles. The molecule has 1 aromatic carbocycles. The van der Waals surface area contributed by atoms with E-state index in [2.05, 4.69) is 27.5 Å². The number of aryl methyl sites for hydroxylation is 1. The summed E-state index contributed by atoms with van der Waals surface area (Å²) in [6.07, 6.45) is 0.789. The van der Waals surface area contributed by atoms with E-state index in [0.717, 1.165) is 27.7 Å². The molecule has 5 heteroatoms. The minimum atomic E-state index is 0.695. The van der Waals surface area contributed by atoms with Crippen molar-refractivity contribution in [3.8, 4) is 0 Å². The van der Waals surface area contributed by atoms with Gasteiger partial charge in [0.05, 0.1) is 0 Å². The van der Waals surface area contributed by atoms with Gasteiger partial charge in [-0.05, 0) is 19.1 Å². The number of hydrogen-bond donors (Lipinski definition) is 2. The van der Waals surface area contributed by atoms with E-state index >= 15 is 0 Å². The number of rotatable bonds is 4. The Bertz CT molecular complexity index is 528. The third-order valence-electron chi connectivity index (χ3n) is 2.56. The second-order valence-corrected chi connectivity index (χ2v) is 4.89. The van der Waals surface area contributed by atoms with Crippen LogP contribution in [0.1, 0.15) is 18.3 Å². The van der Waals surface area contributed by atoms with E-state index in [-0.39, 0.29) is 0 Å². The summed E-state index contributed by atoms with van der Waals surface area (Å²) in [5, 5.41) is 0.945. The molecule has 4 nitrogen and oxygen atoms in total. The first-order valence-corrected chi connectivity index (χ1v) is 6.63. The molecule has 0 bridgehead atoms. The molecule has 0 saturated heterocycles. The zero-order chi connectivity index (χ0) is 13.0. The van der Waals surface area contributed by atoms with E-state index in [1.165, 1.54) is 0 Å². The maximum absolute atomic E-state index is 5.49. The zero-order valence-electron chi connectivity index (χ0n) is 10.5. The lowest BCUT2D eigenvalue weighted by atomic mass is 10.3. The van der Waals surface area contributed by atoms with E-state index in [9.17, 15) is 0 Å². The second kappa shape index (κ2) is 5.84. The lowest BCUT2D eigenvalue weighted by Gasteiger charge is -2.10. The smallest absolute Gasteiger partial charge is 0.147 e. The highest BCUT2D eigenvalue weighted by atomic mass is 32.2. The predicted molar refractivity (Wildman–Crippen MR) is 74.5 cm³/mol. The normalized spacial score (nSPS) is 10.4. The number of nitrogens with zero attached hydrogens (tertiary/aromatic N) is 2. The number of nitrogens with two attached hydrogens (primary N) is 1. The van der Waals surface area contributed by atoms with Crippen LogP contribution in [0.15, 0.2) is 40.3 Å². The van der Waals surface area contributed by atoms with Gasteiger partial charge in [-0.2, -0.15) is 0 Å². The molecule has 0 radical (unpaired) electrons. The van der Waals surface area contributed by atoms with E-state index in [1.54, 1.807) is 11.8 Å². The minimum absolute atomic E-state index is 0.695. The lowest BCUT2D eigenvalue weighted by molar-refractivity contribution is 0.871. The van der Waals surface area contributed by atoms with Crippen molar-refractivity contribution in [1.29, 1.82) is 0 Å². The quantitative estimate of drug-likeness (QED) is 0.503. The molecular formula is C13H16N4S. The zero-order valence-corrected chi connectivity index (χ0v) is 11.3. The van der Waals surface area contributed by atoms with Gasteiger partial charge in [0.1, 0.15) is 16.7 Å². The maximum Gasteiger partial charge on any atom is 0.147 e. The average molecular weight is 260 g/mol. The molecule has 18 heavy (non-hydrogen) atoms. The highest BCUT2D eigenvalue weighted by Gasteiger charge is 2.10. The Morgan fingerprint density at radius 2 is 1.94 bits per heavy atom. The Kier molecular flexibility index (Phi) is 4.17. The molecule has 1 aromatic heterocycles. The van der Waals surface area contributed by atoms with E-state index < -0.39 is 0 Å². The monoisotopic (exact) mass is 260 g/mol. The first-order chi connectivity index (χ1) is 8.74. The van der Waals surface area contributed by atoms with Crippen molar-refractivity contribution in [3.63, 3.8) is 0 Å². The standard InChI is InChI=1S/C13H16N4S/c1-3-11-15-12(17-14)9(2)13(16-11)18-10-7-5-4-6-8-10/h4-8H,3,14H2,1-2H3,(H,15,16,17). The summed E-state index contributed by atoms with van der Waals surface area (Å²) in [6.45, 7) is 4.00. The van der Waals surface area contributed by atoms with Crippen molar-refractivity contribution in [2.45, 2.75) is 30.2 Å². The minimum Gasteiger partial charge on any atom is -0.308 e. The fourth-order valence-electron chi connectivity index (χ4n) is 1.54. The van der Waals surface area contributed by atoms with Crippen LogP contribution in [0.3, 0.4) is 0 Å². The number of nitrogen functional groups attached to an aromatic ring is 1. The molecule has 1 heterocycles. The molecule has 0 aliphatic rings. The van der Waals surface area contributed by atoms with Gasteiger partial charge in [0.2, 0.25) is 0 Å². The lowest BCUT2D eigenvalue weighted by Crippen LogP contribution is -2.13. The molecule has 0 atom stereocenters. The van der Waals surface area contributed by atoms with Gasteiger partial charge in [-0.25, -0.2) is 15.8 Å². The molecule has 2 rings (SSSR count). The number of hydrazine groups is 1. The molecule has 0 aliphatic heterocycles. The number of benzene rings is 1.